The van der Waals surface area contributed by atoms with Gasteiger partial charge in [0.15, 0.2) is 5.60 Å². The maximum absolute atomic E-state index is 12.3. The fourth-order valence-corrected chi connectivity index (χ4v) is 2.05. The highest BCUT2D eigenvalue weighted by Crippen LogP contribution is 2.29. The number of unbranched alkanes of at least 4 members (excludes halogenated alkanes) is 1. The first-order valence-corrected chi connectivity index (χ1v) is 7.44. The van der Waals surface area contributed by atoms with Crippen molar-refractivity contribution in [3.05, 3.63) is 35.9 Å². The van der Waals surface area contributed by atoms with Gasteiger partial charge in [0.2, 0.25) is 0 Å². The number of hydrogen-bond acceptors (Lipinski definition) is 5. The zero-order chi connectivity index (χ0) is 16.4. The number of rotatable bonds is 10. The van der Waals surface area contributed by atoms with Gasteiger partial charge in [-0.15, -0.1) is 0 Å². The maximum atomic E-state index is 12.3. The first kappa shape index (κ1) is 18.0. The number of hydrogen-bond donors (Lipinski definition) is 1. The van der Waals surface area contributed by atoms with Crippen LogP contribution in [-0.4, -0.2) is 30.3 Å². The van der Waals surface area contributed by atoms with Crippen molar-refractivity contribution < 1.29 is 24.2 Å². The minimum Gasteiger partial charge on any atom is -0.463 e. The summed E-state index contributed by atoms with van der Waals surface area (Å²) in [4.78, 5) is 33.8. The van der Waals surface area contributed by atoms with E-state index in [9.17, 15) is 19.5 Å². The van der Waals surface area contributed by atoms with Crippen molar-refractivity contribution >= 4 is 18.5 Å². The lowest BCUT2D eigenvalue weighted by Crippen LogP contribution is -2.38. The molecule has 0 aliphatic rings. The summed E-state index contributed by atoms with van der Waals surface area (Å²) >= 11 is 0. The first-order valence-electron chi connectivity index (χ1n) is 7.44. The number of ether oxygens (including phenoxy) is 1. The molecule has 0 saturated heterocycles. The number of esters is 1. The normalized spacial score (nSPS) is 13.4. The van der Waals surface area contributed by atoms with Crippen LogP contribution in [-0.2, 0) is 24.7 Å². The fraction of sp³-hybridized carbons (Fsp3) is 0.471. The van der Waals surface area contributed by atoms with Crippen molar-refractivity contribution in [3.63, 3.8) is 0 Å². The van der Waals surface area contributed by atoms with Crippen LogP contribution in [0.5, 0.6) is 0 Å². The summed E-state index contributed by atoms with van der Waals surface area (Å²) in [6.07, 6.45) is 2.64. The summed E-state index contributed by atoms with van der Waals surface area (Å²) < 4.78 is 5.14. The molecule has 1 aromatic carbocycles. The molecule has 22 heavy (non-hydrogen) atoms. The van der Waals surface area contributed by atoms with Gasteiger partial charge in [-0.1, -0.05) is 43.7 Å². The molecular weight excluding hydrogens is 284 g/mol. The Morgan fingerprint density at radius 1 is 1.27 bits per heavy atom. The van der Waals surface area contributed by atoms with Gasteiger partial charge in [-0.2, -0.15) is 0 Å². The fourth-order valence-electron chi connectivity index (χ4n) is 2.05. The third-order valence-electron chi connectivity index (χ3n) is 3.51. The van der Waals surface area contributed by atoms with Gasteiger partial charge in [0.05, 0.1) is 12.5 Å². The number of carbonyl (C=O) groups excluding carboxylic acids is 3. The molecule has 5 nitrogen and oxygen atoms in total. The van der Waals surface area contributed by atoms with Gasteiger partial charge in [0, 0.05) is 0 Å². The smallest absolute Gasteiger partial charge is 0.342 e. The van der Waals surface area contributed by atoms with Gasteiger partial charge in [0.25, 0.3) is 0 Å². The Balaban J connectivity index is 2.91. The van der Waals surface area contributed by atoms with E-state index in [0.29, 0.717) is 24.6 Å². The van der Waals surface area contributed by atoms with Crippen LogP contribution in [0, 0.1) is 5.92 Å². The standard InChI is InChI=1S/C17H22O5/c1-2-3-11-22-16(20)17(21,10-9-14(12-18)13-19)15-7-5-4-6-8-15/h4-8,12-14,21H,2-3,9-11H2,1H3. The number of benzene rings is 1. The Morgan fingerprint density at radius 3 is 2.45 bits per heavy atom. The lowest BCUT2D eigenvalue weighted by Gasteiger charge is -2.27. The van der Waals surface area contributed by atoms with Crippen LogP contribution in [0.25, 0.3) is 0 Å². The molecule has 0 aromatic heterocycles. The minimum absolute atomic E-state index is 0.0515. The monoisotopic (exact) mass is 306 g/mol. The first-order chi connectivity index (χ1) is 10.6. The molecule has 0 aliphatic carbocycles. The second-order valence-corrected chi connectivity index (χ2v) is 5.19. The van der Waals surface area contributed by atoms with E-state index in [4.69, 9.17) is 4.74 Å². The Morgan fingerprint density at radius 2 is 1.91 bits per heavy atom. The molecule has 1 N–H and O–H groups in total. The molecule has 0 saturated carbocycles. The quantitative estimate of drug-likeness (QED) is 0.309. The Bertz CT molecular complexity index is 477. The topological polar surface area (TPSA) is 80.7 Å². The zero-order valence-electron chi connectivity index (χ0n) is 12.7. The Kier molecular flexibility index (Phi) is 7.46. The highest BCUT2D eigenvalue weighted by atomic mass is 16.5. The van der Waals surface area contributed by atoms with Crippen LogP contribution < -0.4 is 0 Å². The average Bonchev–Trinajstić information content (AvgIpc) is 2.56. The second kappa shape index (κ2) is 9.10. The van der Waals surface area contributed by atoms with Gasteiger partial charge < -0.3 is 19.4 Å². The van der Waals surface area contributed by atoms with E-state index in [2.05, 4.69) is 0 Å². The van der Waals surface area contributed by atoms with Crippen LogP contribution in [0.2, 0.25) is 0 Å². The third-order valence-corrected chi connectivity index (χ3v) is 3.51. The highest BCUT2D eigenvalue weighted by Gasteiger charge is 2.39. The van der Waals surface area contributed by atoms with Crippen molar-refractivity contribution in [2.75, 3.05) is 6.61 Å². The molecule has 0 spiro atoms. The summed E-state index contributed by atoms with van der Waals surface area (Å²) in [6, 6.07) is 8.43. The predicted molar refractivity (Wildman–Crippen MR) is 81.1 cm³/mol. The van der Waals surface area contributed by atoms with E-state index in [1.807, 2.05) is 6.92 Å². The van der Waals surface area contributed by atoms with E-state index < -0.39 is 17.5 Å². The molecule has 0 amide bonds. The third kappa shape index (κ3) is 4.77. The molecular formula is C17H22O5. The molecule has 0 fully saturated rings. The number of carbonyl (C=O) groups is 3. The zero-order valence-corrected chi connectivity index (χ0v) is 12.7. The SMILES string of the molecule is CCCCOC(=O)C(O)(CCC(C=O)C=O)c1ccccc1. The van der Waals surface area contributed by atoms with Crippen molar-refractivity contribution in [2.24, 2.45) is 5.92 Å². The van der Waals surface area contributed by atoms with Crippen molar-refractivity contribution in [1.82, 2.24) is 0 Å². The lowest BCUT2D eigenvalue weighted by atomic mass is 9.86. The minimum atomic E-state index is -1.85. The lowest BCUT2D eigenvalue weighted by molar-refractivity contribution is -0.168. The molecule has 0 bridgehead atoms. The van der Waals surface area contributed by atoms with Crippen molar-refractivity contribution in [2.45, 2.75) is 38.2 Å². The Labute approximate surface area is 130 Å². The second-order valence-electron chi connectivity index (χ2n) is 5.19. The van der Waals surface area contributed by atoms with Gasteiger partial charge >= 0.3 is 5.97 Å². The van der Waals surface area contributed by atoms with Gasteiger partial charge in [-0.3, -0.25) is 0 Å². The van der Waals surface area contributed by atoms with Crippen molar-refractivity contribution in [3.8, 4) is 0 Å². The molecule has 5 heteroatoms. The molecule has 0 radical (unpaired) electrons. The van der Waals surface area contributed by atoms with E-state index in [1.165, 1.54) is 0 Å². The summed E-state index contributed by atoms with van der Waals surface area (Å²) in [7, 11) is 0. The van der Waals surface area contributed by atoms with Gasteiger partial charge in [-0.05, 0) is 24.8 Å². The van der Waals surface area contributed by atoms with Gasteiger partial charge in [0.1, 0.15) is 12.6 Å². The van der Waals surface area contributed by atoms with Crippen LogP contribution in [0.3, 0.4) is 0 Å². The van der Waals surface area contributed by atoms with Crippen LogP contribution >= 0.6 is 0 Å². The van der Waals surface area contributed by atoms with E-state index >= 15 is 0 Å². The van der Waals surface area contributed by atoms with Crippen LogP contribution in [0.4, 0.5) is 0 Å². The summed E-state index contributed by atoms with van der Waals surface area (Å²) in [6.45, 7) is 2.20. The van der Waals surface area contributed by atoms with E-state index in [0.717, 1.165) is 6.42 Å². The van der Waals surface area contributed by atoms with Crippen LogP contribution in [0.1, 0.15) is 38.2 Å². The molecule has 120 valence electrons. The number of aliphatic hydroxyl groups is 1. The molecule has 1 rings (SSSR count). The molecule has 1 unspecified atom stereocenters. The summed E-state index contributed by atoms with van der Waals surface area (Å²) in [5.41, 5.74) is -1.45. The molecule has 1 atom stereocenters. The highest BCUT2D eigenvalue weighted by molar-refractivity contribution is 5.81. The van der Waals surface area contributed by atoms with E-state index in [1.54, 1.807) is 30.3 Å². The van der Waals surface area contributed by atoms with Crippen molar-refractivity contribution in [1.29, 1.82) is 0 Å². The molecule has 1 aromatic rings. The predicted octanol–water partition coefficient (Wildman–Crippen LogP) is 2.01. The average molecular weight is 306 g/mol. The molecule has 0 heterocycles. The summed E-state index contributed by atoms with van der Waals surface area (Å²) in [5.74, 6) is -1.58. The summed E-state index contributed by atoms with van der Waals surface area (Å²) in [5, 5.41) is 10.8. The van der Waals surface area contributed by atoms with Crippen LogP contribution in [0.15, 0.2) is 30.3 Å². The molecule has 0 aliphatic heterocycles. The maximum Gasteiger partial charge on any atom is 0.342 e. The number of aldehydes is 2. The van der Waals surface area contributed by atoms with Gasteiger partial charge in [-0.25, -0.2) is 4.79 Å². The van der Waals surface area contributed by atoms with E-state index in [-0.39, 0.29) is 19.4 Å². The largest absolute Gasteiger partial charge is 0.463 e. The Hall–Kier alpha value is -2.01.